The van der Waals surface area contributed by atoms with E-state index in [2.05, 4.69) is 22.1 Å². The van der Waals surface area contributed by atoms with Gasteiger partial charge in [0.05, 0.1) is 5.69 Å². The van der Waals surface area contributed by atoms with Crippen molar-refractivity contribution in [2.24, 2.45) is 0 Å². The highest BCUT2D eigenvalue weighted by atomic mass is 16.4. The fourth-order valence-corrected chi connectivity index (χ4v) is 2.00. The fourth-order valence-electron chi connectivity index (χ4n) is 2.00. The van der Waals surface area contributed by atoms with Crippen molar-refractivity contribution >= 4 is 11.6 Å². The van der Waals surface area contributed by atoms with Gasteiger partial charge in [-0.05, 0) is 37.6 Å². The quantitative estimate of drug-likeness (QED) is 0.829. The Balaban J connectivity index is 2.25. The van der Waals surface area contributed by atoms with E-state index >= 15 is 0 Å². The highest BCUT2D eigenvalue weighted by Crippen LogP contribution is 2.17. The summed E-state index contributed by atoms with van der Waals surface area (Å²) < 4.78 is 5.29. The zero-order valence-corrected chi connectivity index (χ0v) is 12.2. The van der Waals surface area contributed by atoms with Gasteiger partial charge in [-0.3, -0.25) is 4.79 Å². The van der Waals surface area contributed by atoms with Crippen molar-refractivity contribution in [3.8, 4) is 11.8 Å². The van der Waals surface area contributed by atoms with Crippen molar-refractivity contribution in [2.75, 3.05) is 11.9 Å². The normalized spacial score (nSPS) is 9.90. The summed E-state index contributed by atoms with van der Waals surface area (Å²) in [4.78, 5) is 16.2. The van der Waals surface area contributed by atoms with Gasteiger partial charge in [-0.15, -0.1) is 0 Å². The second-order valence-corrected chi connectivity index (χ2v) is 4.65. The van der Waals surface area contributed by atoms with Gasteiger partial charge in [-0.25, -0.2) is 4.98 Å². The van der Waals surface area contributed by atoms with Gasteiger partial charge < -0.3 is 14.8 Å². The van der Waals surface area contributed by atoms with Gasteiger partial charge in [0.1, 0.15) is 6.61 Å². The highest BCUT2D eigenvalue weighted by molar-refractivity contribution is 6.03. The molecule has 0 bridgehead atoms. The van der Waals surface area contributed by atoms with Crippen molar-refractivity contribution in [3.63, 3.8) is 0 Å². The van der Waals surface area contributed by atoms with E-state index in [1.807, 2.05) is 19.1 Å². The van der Waals surface area contributed by atoms with Crippen LogP contribution in [0, 0.1) is 32.6 Å². The Morgan fingerprint density at radius 1 is 1.33 bits per heavy atom. The molecule has 5 nitrogen and oxygen atoms in total. The van der Waals surface area contributed by atoms with Crippen LogP contribution in [0.2, 0.25) is 0 Å². The Labute approximate surface area is 123 Å². The number of anilines is 1. The maximum Gasteiger partial charge on any atom is 0.293 e. The Morgan fingerprint density at radius 3 is 2.71 bits per heavy atom. The number of oxazole rings is 1. The molecule has 0 unspecified atom stereocenters. The molecule has 0 radical (unpaired) electrons. The van der Waals surface area contributed by atoms with Gasteiger partial charge >= 0.3 is 0 Å². The van der Waals surface area contributed by atoms with E-state index in [1.54, 1.807) is 19.9 Å². The molecule has 2 rings (SSSR count). The van der Waals surface area contributed by atoms with Crippen LogP contribution in [-0.4, -0.2) is 22.6 Å². The maximum absolute atomic E-state index is 12.2. The number of nitrogens with zero attached hydrogens (tertiary/aromatic N) is 1. The Hall–Kier alpha value is -2.58. The number of nitrogens with one attached hydrogen (secondary N) is 1. The molecule has 0 aliphatic carbocycles. The largest absolute Gasteiger partial charge is 0.436 e. The van der Waals surface area contributed by atoms with Crippen LogP contribution in [0.25, 0.3) is 0 Å². The minimum absolute atomic E-state index is 0.202. The molecular formula is C16H16N2O3. The molecule has 0 saturated heterocycles. The molecular weight excluding hydrogens is 268 g/mol. The van der Waals surface area contributed by atoms with Crippen LogP contribution in [0.15, 0.2) is 22.6 Å². The molecule has 108 valence electrons. The monoisotopic (exact) mass is 284 g/mol. The molecule has 1 aromatic carbocycles. The Bertz CT molecular complexity index is 736. The number of carbonyl (C=O) groups excluding carboxylic acids is 1. The molecule has 21 heavy (non-hydrogen) atoms. The minimum atomic E-state index is -0.347. The van der Waals surface area contributed by atoms with E-state index in [0.717, 1.165) is 11.1 Å². The third-order valence-corrected chi connectivity index (χ3v) is 2.76. The number of aliphatic hydroxyl groups is 1. The molecule has 2 aromatic rings. The lowest BCUT2D eigenvalue weighted by Gasteiger charge is -2.06. The second kappa shape index (κ2) is 6.25. The molecule has 2 N–H and O–H groups in total. The van der Waals surface area contributed by atoms with Crippen LogP contribution < -0.4 is 5.32 Å². The maximum atomic E-state index is 12.2. The topological polar surface area (TPSA) is 75.4 Å². The van der Waals surface area contributed by atoms with Crippen LogP contribution >= 0.6 is 0 Å². The smallest absolute Gasteiger partial charge is 0.293 e. The van der Waals surface area contributed by atoms with Crippen LogP contribution in [0.4, 0.5) is 5.69 Å². The number of amides is 1. The molecule has 0 spiro atoms. The molecule has 0 aliphatic heterocycles. The van der Waals surface area contributed by atoms with Gasteiger partial charge in [-0.1, -0.05) is 11.8 Å². The second-order valence-electron chi connectivity index (χ2n) is 4.65. The van der Waals surface area contributed by atoms with Crippen molar-refractivity contribution in [3.05, 3.63) is 46.7 Å². The standard InChI is InChI=1S/C16H16N2O3/c1-10-7-13(5-4-6-19)9-14(8-10)18-16(20)15-11(2)17-12(3)21-15/h7-9,19H,6H2,1-3H3,(H,18,20). The molecule has 0 aliphatic rings. The molecule has 1 amide bonds. The number of aromatic nitrogens is 1. The lowest BCUT2D eigenvalue weighted by Crippen LogP contribution is -2.12. The van der Waals surface area contributed by atoms with Crippen LogP contribution in [-0.2, 0) is 0 Å². The summed E-state index contributed by atoms with van der Waals surface area (Å²) in [7, 11) is 0. The highest BCUT2D eigenvalue weighted by Gasteiger charge is 2.16. The van der Waals surface area contributed by atoms with E-state index in [-0.39, 0.29) is 18.3 Å². The summed E-state index contributed by atoms with van der Waals surface area (Å²) in [5.41, 5.74) is 2.86. The predicted molar refractivity (Wildman–Crippen MR) is 79.1 cm³/mol. The van der Waals surface area contributed by atoms with E-state index in [4.69, 9.17) is 9.52 Å². The van der Waals surface area contributed by atoms with Crippen molar-refractivity contribution < 1.29 is 14.3 Å². The number of carbonyl (C=O) groups is 1. The van der Waals surface area contributed by atoms with Crippen molar-refractivity contribution in [1.29, 1.82) is 0 Å². The van der Waals surface area contributed by atoms with Crippen LogP contribution in [0.1, 0.15) is 33.3 Å². The molecule has 0 saturated carbocycles. The first-order valence-electron chi connectivity index (χ1n) is 6.46. The summed E-state index contributed by atoms with van der Waals surface area (Å²) >= 11 is 0. The number of aryl methyl sites for hydroxylation is 3. The van der Waals surface area contributed by atoms with Gasteiger partial charge in [0.25, 0.3) is 5.91 Å². The van der Waals surface area contributed by atoms with Gasteiger partial charge in [0, 0.05) is 18.2 Å². The molecule has 1 aromatic heterocycles. The molecule has 5 heteroatoms. The zero-order valence-electron chi connectivity index (χ0n) is 12.2. The molecule has 0 fully saturated rings. The number of benzene rings is 1. The number of hydrogen-bond acceptors (Lipinski definition) is 4. The first-order valence-corrected chi connectivity index (χ1v) is 6.46. The van der Waals surface area contributed by atoms with Crippen molar-refractivity contribution in [2.45, 2.75) is 20.8 Å². The first-order chi connectivity index (χ1) is 9.99. The first kappa shape index (κ1) is 14.8. The minimum Gasteiger partial charge on any atom is -0.436 e. The van der Waals surface area contributed by atoms with Crippen LogP contribution in [0.3, 0.4) is 0 Å². The van der Waals surface area contributed by atoms with Gasteiger partial charge in [0.2, 0.25) is 5.76 Å². The fraction of sp³-hybridized carbons (Fsp3) is 0.250. The summed E-state index contributed by atoms with van der Waals surface area (Å²) in [6.45, 7) is 5.12. The van der Waals surface area contributed by atoms with Crippen LogP contribution in [0.5, 0.6) is 0 Å². The molecule has 0 atom stereocenters. The molecule has 1 heterocycles. The SMILES string of the molecule is Cc1cc(C#CCO)cc(NC(=O)c2oc(C)nc2C)c1. The van der Waals surface area contributed by atoms with E-state index < -0.39 is 0 Å². The van der Waals surface area contributed by atoms with Crippen molar-refractivity contribution in [1.82, 2.24) is 4.98 Å². The zero-order chi connectivity index (χ0) is 15.4. The summed E-state index contributed by atoms with van der Waals surface area (Å²) in [6, 6.07) is 5.45. The predicted octanol–water partition coefficient (Wildman–Crippen LogP) is 2.20. The van der Waals surface area contributed by atoms with E-state index in [0.29, 0.717) is 17.3 Å². The lowest BCUT2D eigenvalue weighted by molar-refractivity contribution is 0.0994. The van der Waals surface area contributed by atoms with Gasteiger partial charge in [0.15, 0.2) is 5.89 Å². The average Bonchev–Trinajstić information content (AvgIpc) is 2.75. The number of hydrogen-bond donors (Lipinski definition) is 2. The lowest BCUT2D eigenvalue weighted by atomic mass is 10.1. The third-order valence-electron chi connectivity index (χ3n) is 2.76. The summed E-state index contributed by atoms with van der Waals surface area (Å²) in [5, 5.41) is 11.5. The number of rotatable bonds is 2. The third kappa shape index (κ3) is 3.71. The summed E-state index contributed by atoms with van der Waals surface area (Å²) in [6.07, 6.45) is 0. The van der Waals surface area contributed by atoms with Gasteiger partial charge in [-0.2, -0.15) is 0 Å². The van der Waals surface area contributed by atoms with E-state index in [1.165, 1.54) is 0 Å². The van der Waals surface area contributed by atoms with E-state index in [9.17, 15) is 4.79 Å². The Kier molecular flexibility index (Phi) is 4.41. The average molecular weight is 284 g/mol. The number of aliphatic hydroxyl groups excluding tert-OH is 1. The summed E-state index contributed by atoms with van der Waals surface area (Å²) in [5.74, 6) is 5.71. The Morgan fingerprint density at radius 2 is 2.10 bits per heavy atom.